The average Bonchev–Trinajstić information content (AvgIpc) is 2.77. The van der Waals surface area contributed by atoms with E-state index in [-0.39, 0.29) is 11.4 Å². The van der Waals surface area contributed by atoms with Crippen LogP contribution in [0.25, 0.3) is 11.1 Å². The molecule has 1 aliphatic rings. The highest BCUT2D eigenvalue weighted by molar-refractivity contribution is 5.86. The number of nitrogens with two attached hydrogens (primary N) is 1. The van der Waals surface area contributed by atoms with Gasteiger partial charge in [0, 0.05) is 11.8 Å². The van der Waals surface area contributed by atoms with Crippen LogP contribution in [0.5, 0.6) is 11.5 Å². The van der Waals surface area contributed by atoms with Crippen LogP contribution in [0.4, 0.5) is 11.6 Å². The van der Waals surface area contributed by atoms with E-state index in [0.717, 1.165) is 5.69 Å². The number of aromatic nitrogens is 2. The zero-order valence-corrected chi connectivity index (χ0v) is 15.5. The molecule has 3 heterocycles. The molecule has 0 unspecified atom stereocenters. The van der Waals surface area contributed by atoms with Gasteiger partial charge in [-0.1, -0.05) is 18.1 Å². The average molecular weight is 383 g/mol. The zero-order chi connectivity index (χ0) is 20.2. The van der Waals surface area contributed by atoms with Crippen LogP contribution < -0.4 is 20.5 Å². The molecule has 0 fully saturated rings. The Kier molecular flexibility index (Phi) is 4.88. The molecule has 0 saturated carbocycles. The predicted octanol–water partition coefficient (Wildman–Crippen LogP) is 2.96. The number of hydrogen-bond acceptors (Lipinski definition) is 7. The Morgan fingerprint density at radius 3 is 2.69 bits per heavy atom. The van der Waals surface area contributed by atoms with Crippen molar-refractivity contribution in [2.24, 2.45) is 0 Å². The lowest BCUT2D eigenvalue weighted by Gasteiger charge is -2.20. The molecule has 0 saturated heterocycles. The van der Waals surface area contributed by atoms with E-state index in [2.05, 4.69) is 27.3 Å². The fourth-order valence-electron chi connectivity index (χ4n) is 3.15. The van der Waals surface area contributed by atoms with Crippen LogP contribution in [-0.4, -0.2) is 23.2 Å². The SMILES string of the molecule is C#Cc1c(NCc2ccccn2)nc(N)c(C#N)c1-c1ccc2c(c1)OCCO2. The maximum absolute atomic E-state index is 9.69. The smallest absolute Gasteiger partial charge is 0.161 e. The van der Waals surface area contributed by atoms with Crippen molar-refractivity contribution < 1.29 is 9.47 Å². The van der Waals surface area contributed by atoms with Crippen LogP contribution in [0, 0.1) is 23.7 Å². The van der Waals surface area contributed by atoms with Gasteiger partial charge in [-0.15, -0.1) is 6.42 Å². The maximum Gasteiger partial charge on any atom is 0.161 e. The monoisotopic (exact) mass is 383 g/mol. The molecule has 29 heavy (non-hydrogen) atoms. The molecular formula is C22H17N5O2. The number of ether oxygens (including phenoxy) is 2. The summed E-state index contributed by atoms with van der Waals surface area (Å²) in [5, 5.41) is 12.9. The Morgan fingerprint density at radius 2 is 1.97 bits per heavy atom. The number of nitrogen functional groups attached to an aromatic ring is 1. The third kappa shape index (κ3) is 3.50. The lowest BCUT2D eigenvalue weighted by atomic mass is 9.95. The van der Waals surface area contributed by atoms with Crippen LogP contribution in [0.3, 0.4) is 0 Å². The van der Waals surface area contributed by atoms with Crippen molar-refractivity contribution in [1.29, 1.82) is 5.26 Å². The predicted molar refractivity (Wildman–Crippen MR) is 109 cm³/mol. The second kappa shape index (κ2) is 7.79. The summed E-state index contributed by atoms with van der Waals surface area (Å²) in [6.45, 7) is 1.36. The number of nitrogens with one attached hydrogen (secondary N) is 1. The van der Waals surface area contributed by atoms with E-state index >= 15 is 0 Å². The summed E-state index contributed by atoms with van der Waals surface area (Å²) in [7, 11) is 0. The first-order valence-corrected chi connectivity index (χ1v) is 8.95. The van der Waals surface area contributed by atoms with Gasteiger partial charge in [-0.05, 0) is 29.8 Å². The number of benzene rings is 1. The first-order valence-electron chi connectivity index (χ1n) is 8.95. The number of pyridine rings is 2. The summed E-state index contributed by atoms with van der Waals surface area (Å²) in [5.74, 6) is 4.42. The number of terminal acetylenes is 1. The molecule has 7 heteroatoms. The lowest BCUT2D eigenvalue weighted by molar-refractivity contribution is 0.171. The van der Waals surface area contributed by atoms with E-state index in [4.69, 9.17) is 21.6 Å². The van der Waals surface area contributed by atoms with Crippen LogP contribution >= 0.6 is 0 Å². The van der Waals surface area contributed by atoms with Crippen molar-refractivity contribution in [3.8, 4) is 41.0 Å². The van der Waals surface area contributed by atoms with E-state index in [9.17, 15) is 5.26 Å². The highest BCUT2D eigenvalue weighted by Gasteiger charge is 2.21. The topological polar surface area (TPSA) is 106 Å². The molecule has 1 aromatic carbocycles. The largest absolute Gasteiger partial charge is 0.486 e. The summed E-state index contributed by atoms with van der Waals surface area (Å²) in [6.07, 6.45) is 7.53. The Bertz CT molecular complexity index is 1150. The normalized spacial score (nSPS) is 11.9. The minimum atomic E-state index is 0.0971. The molecule has 3 aromatic rings. The van der Waals surface area contributed by atoms with Gasteiger partial charge in [0.25, 0.3) is 0 Å². The second-order valence-electron chi connectivity index (χ2n) is 6.26. The van der Waals surface area contributed by atoms with Crippen molar-refractivity contribution >= 4 is 11.6 Å². The number of anilines is 2. The zero-order valence-electron chi connectivity index (χ0n) is 15.5. The lowest BCUT2D eigenvalue weighted by Crippen LogP contribution is -2.15. The fraction of sp³-hybridized carbons (Fsp3) is 0.136. The number of nitriles is 1. The number of rotatable bonds is 4. The molecule has 0 radical (unpaired) electrons. The van der Waals surface area contributed by atoms with Crippen LogP contribution in [0.1, 0.15) is 16.8 Å². The molecule has 4 rings (SSSR count). The molecule has 3 N–H and O–H groups in total. The molecule has 2 aromatic heterocycles. The van der Waals surface area contributed by atoms with Gasteiger partial charge in [0.05, 0.1) is 17.8 Å². The number of hydrogen-bond donors (Lipinski definition) is 2. The first kappa shape index (κ1) is 18.1. The van der Waals surface area contributed by atoms with Gasteiger partial charge in [-0.3, -0.25) is 4.98 Å². The Labute approximate surface area is 168 Å². The Hall–Kier alpha value is -4.23. The van der Waals surface area contributed by atoms with Crippen LogP contribution in [0.15, 0.2) is 42.6 Å². The van der Waals surface area contributed by atoms with Crippen molar-refractivity contribution in [3.63, 3.8) is 0 Å². The molecule has 0 spiro atoms. The van der Waals surface area contributed by atoms with E-state index < -0.39 is 0 Å². The summed E-state index contributed by atoms with van der Waals surface area (Å²) >= 11 is 0. The molecule has 142 valence electrons. The van der Waals surface area contributed by atoms with E-state index in [1.54, 1.807) is 18.3 Å². The number of nitrogens with zero attached hydrogens (tertiary/aromatic N) is 3. The van der Waals surface area contributed by atoms with Gasteiger partial charge in [-0.2, -0.15) is 5.26 Å². The van der Waals surface area contributed by atoms with Gasteiger partial charge in [0.1, 0.15) is 36.5 Å². The molecule has 0 atom stereocenters. The second-order valence-corrected chi connectivity index (χ2v) is 6.26. The van der Waals surface area contributed by atoms with Crippen molar-refractivity contribution in [3.05, 3.63) is 59.4 Å². The van der Waals surface area contributed by atoms with Gasteiger partial charge in [-0.25, -0.2) is 4.98 Å². The van der Waals surface area contributed by atoms with Gasteiger partial charge < -0.3 is 20.5 Å². The molecule has 1 aliphatic heterocycles. The van der Waals surface area contributed by atoms with E-state index in [1.165, 1.54) is 0 Å². The maximum atomic E-state index is 9.69. The minimum absolute atomic E-state index is 0.0971. The van der Waals surface area contributed by atoms with Crippen molar-refractivity contribution in [1.82, 2.24) is 9.97 Å². The van der Waals surface area contributed by atoms with E-state index in [1.807, 2.05) is 24.3 Å². The third-order valence-corrected chi connectivity index (χ3v) is 4.48. The highest BCUT2D eigenvalue weighted by Crippen LogP contribution is 2.39. The van der Waals surface area contributed by atoms with E-state index in [0.29, 0.717) is 53.8 Å². The first-order chi connectivity index (χ1) is 14.2. The summed E-state index contributed by atoms with van der Waals surface area (Å²) in [5.41, 5.74) is 8.81. The Morgan fingerprint density at radius 1 is 1.14 bits per heavy atom. The molecule has 7 nitrogen and oxygen atoms in total. The standard InChI is InChI=1S/C22H17N5O2/c1-2-16-20(14-6-7-18-19(11-14)29-10-9-28-18)17(12-23)21(24)27-22(16)26-13-15-5-3-4-8-25-15/h1,3-8,11H,9-10,13H2,(H3,24,26,27). The fourth-order valence-corrected chi connectivity index (χ4v) is 3.15. The summed E-state index contributed by atoms with van der Waals surface area (Å²) in [4.78, 5) is 8.60. The third-order valence-electron chi connectivity index (χ3n) is 4.48. The summed E-state index contributed by atoms with van der Waals surface area (Å²) < 4.78 is 11.2. The van der Waals surface area contributed by atoms with Gasteiger partial charge in [0.2, 0.25) is 0 Å². The van der Waals surface area contributed by atoms with Gasteiger partial charge in [0.15, 0.2) is 11.5 Å². The summed E-state index contributed by atoms with van der Waals surface area (Å²) in [6, 6.07) is 13.2. The minimum Gasteiger partial charge on any atom is -0.486 e. The molecule has 0 aliphatic carbocycles. The van der Waals surface area contributed by atoms with Crippen molar-refractivity contribution in [2.45, 2.75) is 6.54 Å². The van der Waals surface area contributed by atoms with Crippen LogP contribution in [0.2, 0.25) is 0 Å². The molecular weight excluding hydrogens is 366 g/mol. The van der Waals surface area contributed by atoms with Crippen molar-refractivity contribution in [2.75, 3.05) is 24.3 Å². The number of fused-ring (bicyclic) bond motifs is 1. The van der Waals surface area contributed by atoms with Gasteiger partial charge >= 0.3 is 0 Å². The molecule has 0 amide bonds. The van der Waals surface area contributed by atoms with Crippen LogP contribution in [-0.2, 0) is 6.54 Å². The quantitative estimate of drug-likeness (QED) is 0.667. The highest BCUT2D eigenvalue weighted by atomic mass is 16.6. The Balaban J connectivity index is 1.81. The molecule has 0 bridgehead atoms.